The second kappa shape index (κ2) is 10.2. The number of benzene rings is 2. The van der Waals surface area contributed by atoms with Crippen LogP contribution < -0.4 is 14.2 Å². The van der Waals surface area contributed by atoms with Gasteiger partial charge in [-0.1, -0.05) is 26.0 Å². The van der Waals surface area contributed by atoms with E-state index >= 15 is 0 Å². The van der Waals surface area contributed by atoms with Crippen molar-refractivity contribution in [3.8, 4) is 17.2 Å². The molecule has 4 nitrogen and oxygen atoms in total. The lowest BCUT2D eigenvalue weighted by atomic mass is 9.97. The van der Waals surface area contributed by atoms with Gasteiger partial charge in [-0.15, -0.1) is 0 Å². The van der Waals surface area contributed by atoms with Crippen molar-refractivity contribution in [2.24, 2.45) is 0 Å². The Morgan fingerprint density at radius 3 is 2.33 bits per heavy atom. The van der Waals surface area contributed by atoms with Gasteiger partial charge in [0.1, 0.15) is 23.9 Å². The third kappa shape index (κ3) is 5.48. The van der Waals surface area contributed by atoms with E-state index in [0.29, 0.717) is 29.4 Å². The Labute approximate surface area is 161 Å². The standard InChI is InChI=1S/C23H26O4/c1-5-7-18(21-13-12-20(25-3)16-23(21)26-4)15-22(24)17-8-10-19(11-9-17)27-14-6-2/h6,8-13,15-16H,2,5,7,14H2,1,3-4H3/b18-15+. The highest BCUT2D eigenvalue weighted by Crippen LogP contribution is 2.32. The molecule has 0 atom stereocenters. The molecule has 0 aliphatic rings. The van der Waals surface area contributed by atoms with Crippen LogP contribution in [0.2, 0.25) is 0 Å². The Kier molecular flexibility index (Phi) is 7.68. The predicted octanol–water partition coefficient (Wildman–Crippen LogP) is 5.34. The number of methoxy groups -OCH3 is 2. The maximum absolute atomic E-state index is 12.8. The molecule has 0 aromatic heterocycles. The Bertz CT molecular complexity index is 804. The molecule has 0 saturated heterocycles. The summed E-state index contributed by atoms with van der Waals surface area (Å²) in [6, 6.07) is 12.7. The molecule has 0 radical (unpaired) electrons. The minimum atomic E-state index is -0.0495. The summed E-state index contributed by atoms with van der Waals surface area (Å²) in [5.41, 5.74) is 2.45. The number of carbonyl (C=O) groups is 1. The number of hydrogen-bond acceptors (Lipinski definition) is 4. The van der Waals surface area contributed by atoms with Gasteiger partial charge in [0.2, 0.25) is 0 Å². The first kappa shape index (κ1) is 20.3. The highest BCUT2D eigenvalue weighted by Gasteiger charge is 2.12. The maximum atomic E-state index is 12.8. The van der Waals surface area contributed by atoms with Gasteiger partial charge in [-0.2, -0.15) is 0 Å². The lowest BCUT2D eigenvalue weighted by molar-refractivity contribution is 0.104. The zero-order valence-corrected chi connectivity index (χ0v) is 16.2. The van der Waals surface area contributed by atoms with Crippen molar-refractivity contribution in [1.29, 1.82) is 0 Å². The molecular weight excluding hydrogens is 340 g/mol. The van der Waals surface area contributed by atoms with Gasteiger partial charge in [-0.25, -0.2) is 0 Å². The molecular formula is C23H26O4. The van der Waals surface area contributed by atoms with Crippen LogP contribution in [-0.4, -0.2) is 26.6 Å². The van der Waals surface area contributed by atoms with Crippen molar-refractivity contribution in [2.45, 2.75) is 19.8 Å². The highest BCUT2D eigenvalue weighted by molar-refractivity contribution is 6.08. The number of hydrogen-bond donors (Lipinski definition) is 0. The normalized spacial score (nSPS) is 11.0. The van der Waals surface area contributed by atoms with Crippen LogP contribution in [0.3, 0.4) is 0 Å². The lowest BCUT2D eigenvalue weighted by Crippen LogP contribution is -2.00. The van der Waals surface area contributed by atoms with Gasteiger partial charge in [-0.3, -0.25) is 4.79 Å². The SMILES string of the molecule is C=CCOc1ccc(C(=O)/C=C(\CCC)c2ccc(OC)cc2OC)cc1. The summed E-state index contributed by atoms with van der Waals surface area (Å²) < 4.78 is 16.2. The topological polar surface area (TPSA) is 44.8 Å². The average Bonchev–Trinajstić information content (AvgIpc) is 2.71. The maximum Gasteiger partial charge on any atom is 0.186 e. The second-order valence-corrected chi connectivity index (χ2v) is 5.97. The first-order valence-corrected chi connectivity index (χ1v) is 8.94. The van der Waals surface area contributed by atoms with Gasteiger partial charge in [-0.05, 0) is 54.5 Å². The number of allylic oxidation sites excluding steroid dienone is 2. The molecule has 27 heavy (non-hydrogen) atoms. The quantitative estimate of drug-likeness (QED) is 0.324. The smallest absolute Gasteiger partial charge is 0.186 e. The van der Waals surface area contributed by atoms with Gasteiger partial charge in [0.25, 0.3) is 0 Å². The van der Waals surface area contributed by atoms with E-state index in [1.54, 1.807) is 50.6 Å². The van der Waals surface area contributed by atoms with E-state index in [4.69, 9.17) is 14.2 Å². The van der Waals surface area contributed by atoms with Crippen LogP contribution >= 0.6 is 0 Å². The van der Waals surface area contributed by atoms with Gasteiger partial charge >= 0.3 is 0 Å². The summed E-state index contributed by atoms with van der Waals surface area (Å²) in [5, 5.41) is 0. The third-order valence-corrected chi connectivity index (χ3v) is 4.09. The lowest BCUT2D eigenvalue weighted by Gasteiger charge is -2.13. The largest absolute Gasteiger partial charge is 0.497 e. The van der Waals surface area contributed by atoms with Crippen molar-refractivity contribution in [3.63, 3.8) is 0 Å². The average molecular weight is 366 g/mol. The van der Waals surface area contributed by atoms with E-state index in [-0.39, 0.29) is 5.78 Å². The first-order valence-electron chi connectivity index (χ1n) is 8.94. The van der Waals surface area contributed by atoms with E-state index < -0.39 is 0 Å². The number of ether oxygens (including phenoxy) is 3. The highest BCUT2D eigenvalue weighted by atomic mass is 16.5. The molecule has 2 aromatic carbocycles. The van der Waals surface area contributed by atoms with Crippen molar-refractivity contribution in [3.05, 3.63) is 72.3 Å². The third-order valence-electron chi connectivity index (χ3n) is 4.09. The van der Waals surface area contributed by atoms with E-state index in [0.717, 1.165) is 24.0 Å². The van der Waals surface area contributed by atoms with Crippen molar-refractivity contribution in [1.82, 2.24) is 0 Å². The van der Waals surface area contributed by atoms with Gasteiger partial charge < -0.3 is 14.2 Å². The molecule has 0 saturated carbocycles. The van der Waals surface area contributed by atoms with Crippen molar-refractivity contribution in [2.75, 3.05) is 20.8 Å². The molecule has 0 heterocycles. The summed E-state index contributed by atoms with van der Waals surface area (Å²) in [7, 11) is 3.23. The number of rotatable bonds is 10. The fourth-order valence-electron chi connectivity index (χ4n) is 2.73. The predicted molar refractivity (Wildman–Crippen MR) is 109 cm³/mol. The molecule has 142 valence electrons. The van der Waals surface area contributed by atoms with Crippen LogP contribution in [-0.2, 0) is 0 Å². The van der Waals surface area contributed by atoms with Crippen LogP contribution in [0, 0.1) is 0 Å². The molecule has 0 N–H and O–H groups in total. The van der Waals surface area contributed by atoms with E-state index in [1.807, 2.05) is 18.2 Å². The van der Waals surface area contributed by atoms with Crippen LogP contribution in [0.25, 0.3) is 5.57 Å². The minimum Gasteiger partial charge on any atom is -0.497 e. The zero-order chi connectivity index (χ0) is 19.6. The molecule has 0 aliphatic heterocycles. The number of carbonyl (C=O) groups excluding carboxylic acids is 1. The van der Waals surface area contributed by atoms with E-state index in [9.17, 15) is 4.79 Å². The summed E-state index contributed by atoms with van der Waals surface area (Å²) >= 11 is 0. The summed E-state index contributed by atoms with van der Waals surface area (Å²) in [5.74, 6) is 2.07. The fraction of sp³-hybridized carbons (Fsp3) is 0.261. The minimum absolute atomic E-state index is 0.0495. The van der Waals surface area contributed by atoms with Gasteiger partial charge in [0, 0.05) is 17.2 Å². The van der Waals surface area contributed by atoms with Crippen LogP contribution in [0.4, 0.5) is 0 Å². The van der Waals surface area contributed by atoms with Gasteiger partial charge in [0.15, 0.2) is 5.78 Å². The molecule has 2 aromatic rings. The van der Waals surface area contributed by atoms with Crippen molar-refractivity contribution >= 4 is 11.4 Å². The van der Waals surface area contributed by atoms with E-state index in [2.05, 4.69) is 13.5 Å². The Morgan fingerprint density at radius 1 is 1.04 bits per heavy atom. The van der Waals surface area contributed by atoms with Crippen LogP contribution in [0.1, 0.15) is 35.7 Å². The summed E-state index contributed by atoms with van der Waals surface area (Å²) in [6.45, 7) is 6.14. The van der Waals surface area contributed by atoms with Crippen LogP contribution in [0.15, 0.2) is 61.2 Å². The molecule has 0 spiro atoms. The van der Waals surface area contributed by atoms with Crippen molar-refractivity contribution < 1.29 is 19.0 Å². The summed E-state index contributed by atoms with van der Waals surface area (Å²) in [4.78, 5) is 12.8. The van der Waals surface area contributed by atoms with E-state index in [1.165, 1.54) is 0 Å². The summed E-state index contributed by atoms with van der Waals surface area (Å²) in [6.07, 6.45) is 5.06. The molecule has 0 fully saturated rings. The molecule has 0 bridgehead atoms. The Hall–Kier alpha value is -3.01. The number of ketones is 1. The molecule has 4 heteroatoms. The Balaban J connectivity index is 2.31. The molecule has 0 unspecified atom stereocenters. The van der Waals surface area contributed by atoms with Crippen LogP contribution in [0.5, 0.6) is 17.2 Å². The monoisotopic (exact) mass is 366 g/mol. The fourth-order valence-corrected chi connectivity index (χ4v) is 2.73. The zero-order valence-electron chi connectivity index (χ0n) is 16.2. The molecule has 2 rings (SSSR count). The Morgan fingerprint density at radius 2 is 1.74 bits per heavy atom. The first-order chi connectivity index (χ1) is 13.1. The molecule has 0 amide bonds. The molecule has 0 aliphatic carbocycles. The second-order valence-electron chi connectivity index (χ2n) is 5.97. The van der Waals surface area contributed by atoms with Gasteiger partial charge in [0.05, 0.1) is 14.2 Å².